The predicted octanol–water partition coefficient (Wildman–Crippen LogP) is 7.87. The molecule has 2 fully saturated rings. The molecule has 5 heterocycles. The second-order valence-corrected chi connectivity index (χ2v) is 17.3. The molecule has 0 saturated carbocycles. The number of aromatic amines is 2. The number of likely N-dealkylation sites (tertiary alicyclic amines) is 2. The van der Waals surface area contributed by atoms with Gasteiger partial charge in [0.15, 0.2) is 0 Å². The van der Waals surface area contributed by atoms with Gasteiger partial charge in [0.25, 0.3) is 5.91 Å². The first-order valence-electron chi connectivity index (χ1n) is 22.2. The maximum Gasteiger partial charge on any atom is 0.407 e. The number of carbonyl (C=O) groups is 4. The summed E-state index contributed by atoms with van der Waals surface area (Å²) in [5.41, 5.74) is 7.06. The summed E-state index contributed by atoms with van der Waals surface area (Å²) in [6, 6.07) is 21.2. The Morgan fingerprint density at radius 3 is 2.42 bits per heavy atom. The Morgan fingerprint density at radius 2 is 1.66 bits per heavy atom. The summed E-state index contributed by atoms with van der Waals surface area (Å²) in [4.78, 5) is 73.4. The average Bonchev–Trinajstić information content (AvgIpc) is 4.15. The molecule has 0 unspecified atom stereocenters. The molecule has 16 nitrogen and oxygen atoms in total. The van der Waals surface area contributed by atoms with Crippen LogP contribution >= 0.6 is 0 Å². The number of methoxy groups -OCH3 is 2. The lowest BCUT2D eigenvalue weighted by Crippen LogP contribution is -2.52. The average molecular weight is 889 g/mol. The zero-order valence-corrected chi connectivity index (χ0v) is 37.3. The second-order valence-electron chi connectivity index (χ2n) is 17.3. The number of amides is 4. The number of rotatable bonds is 11. The number of carbonyl (C=O) groups excluding carboxylic acids is 4. The molecule has 4 N–H and O–H groups in total. The van der Waals surface area contributed by atoms with E-state index < -0.39 is 30.3 Å². The number of ether oxygens (including phenoxy) is 4. The van der Waals surface area contributed by atoms with Gasteiger partial charge in [0.05, 0.1) is 55.3 Å². The third-order valence-electron chi connectivity index (χ3n) is 13.0. The molecule has 0 bridgehead atoms. The van der Waals surface area contributed by atoms with E-state index in [2.05, 4.69) is 57.0 Å². The molecule has 6 atom stereocenters. The molecule has 6 aromatic rings. The second kappa shape index (κ2) is 17.9. The van der Waals surface area contributed by atoms with Gasteiger partial charge >= 0.3 is 12.2 Å². The molecule has 3 aliphatic rings. The van der Waals surface area contributed by atoms with Crippen molar-refractivity contribution in [2.24, 2.45) is 5.92 Å². The molecular formula is C49H54N8O8. The number of nitrogens with one attached hydrogen (secondary N) is 4. The monoisotopic (exact) mass is 888 g/mol. The molecule has 9 rings (SSSR count). The number of fused-ring (bicyclic) bond motifs is 6. The Morgan fingerprint density at radius 1 is 0.877 bits per heavy atom. The highest BCUT2D eigenvalue weighted by atomic mass is 16.5. The van der Waals surface area contributed by atoms with Gasteiger partial charge in [0.1, 0.15) is 36.1 Å². The Kier molecular flexibility index (Phi) is 11.9. The summed E-state index contributed by atoms with van der Waals surface area (Å²) in [6.45, 7) is 8.97. The van der Waals surface area contributed by atoms with Crippen LogP contribution in [0.2, 0.25) is 0 Å². The smallest absolute Gasteiger partial charge is 0.407 e. The highest BCUT2D eigenvalue weighted by Crippen LogP contribution is 2.44. The number of H-pyrrole nitrogens is 2. The summed E-state index contributed by atoms with van der Waals surface area (Å²) >= 11 is 0. The van der Waals surface area contributed by atoms with Crippen LogP contribution in [0.15, 0.2) is 79.0 Å². The number of hydrogen-bond acceptors (Lipinski definition) is 10. The van der Waals surface area contributed by atoms with Gasteiger partial charge in [0, 0.05) is 36.6 Å². The largest absolute Gasteiger partial charge is 0.488 e. The van der Waals surface area contributed by atoms with Crippen molar-refractivity contribution in [2.45, 2.75) is 89.9 Å². The maximum atomic E-state index is 14.3. The molecule has 65 heavy (non-hydrogen) atoms. The van der Waals surface area contributed by atoms with Gasteiger partial charge in [-0.25, -0.2) is 19.6 Å². The van der Waals surface area contributed by atoms with E-state index in [0.29, 0.717) is 43.4 Å². The summed E-state index contributed by atoms with van der Waals surface area (Å²) in [7, 11) is 2.56. The van der Waals surface area contributed by atoms with E-state index in [9.17, 15) is 19.2 Å². The molecule has 2 aromatic heterocycles. The van der Waals surface area contributed by atoms with Crippen molar-refractivity contribution in [2.75, 3.05) is 27.4 Å². The minimum atomic E-state index is -0.963. The van der Waals surface area contributed by atoms with E-state index in [0.717, 1.165) is 68.3 Å². The SMILES string of the molecule is CCO[C@H]1C[C@@H](c2ncc(-c3ccc4c(c3)COc3cc5c(ccc6[nH]c([C@@H]7CC[C@H](C)N7C(=O)[C@@H](NC(=O)OC)C(C)C)nc65)cc3-4)[nH]2)N(C(=O)[C@H](NC(=O)OC)[13c]2[13cH][13cH][13cH][13cH][13cH]2)C1. The molecule has 16 heteroatoms. The fourth-order valence-electron chi connectivity index (χ4n) is 9.70. The first kappa shape index (κ1) is 43.3. The van der Waals surface area contributed by atoms with Gasteiger partial charge in [-0.3, -0.25) is 9.59 Å². The number of imidazole rings is 2. The maximum absolute atomic E-state index is 14.3. The van der Waals surface area contributed by atoms with Crippen LogP contribution in [0.3, 0.4) is 0 Å². The number of hydrogen-bond donors (Lipinski definition) is 4. The van der Waals surface area contributed by atoms with Crippen molar-refractivity contribution in [1.82, 2.24) is 40.4 Å². The fraction of sp³-hybridized carbons (Fsp3) is 0.388. The van der Waals surface area contributed by atoms with Crippen LogP contribution in [0, 0.1) is 5.92 Å². The van der Waals surface area contributed by atoms with Gasteiger partial charge in [-0.1, -0.05) is 62.4 Å². The Balaban J connectivity index is 0.974. The van der Waals surface area contributed by atoms with Crippen molar-refractivity contribution in [1.29, 1.82) is 0 Å². The first-order valence-corrected chi connectivity index (χ1v) is 22.2. The van der Waals surface area contributed by atoms with E-state index in [1.165, 1.54) is 14.2 Å². The molecule has 4 amide bonds. The minimum Gasteiger partial charge on any atom is -0.488 e. The number of nitrogens with zero attached hydrogens (tertiary/aromatic N) is 4. The fourth-order valence-corrected chi connectivity index (χ4v) is 9.70. The Hall–Kier alpha value is -6.94. The summed E-state index contributed by atoms with van der Waals surface area (Å²) < 4.78 is 22.2. The Bertz CT molecular complexity index is 2770. The van der Waals surface area contributed by atoms with Crippen molar-refractivity contribution in [3.63, 3.8) is 0 Å². The first-order chi connectivity index (χ1) is 31.5. The lowest BCUT2D eigenvalue weighted by Gasteiger charge is -2.32. The van der Waals surface area contributed by atoms with Crippen LogP contribution in [0.25, 0.3) is 44.2 Å². The highest BCUT2D eigenvalue weighted by Gasteiger charge is 2.43. The van der Waals surface area contributed by atoms with Crippen LogP contribution in [-0.4, -0.2) is 99.3 Å². The van der Waals surface area contributed by atoms with Gasteiger partial charge < -0.3 is 49.3 Å². The Labute approximate surface area is 376 Å². The van der Waals surface area contributed by atoms with E-state index >= 15 is 0 Å². The standard InChI is InChI=1S/C49H54N8O8/c1-7-64-32-21-39(56(24-32)46(58)42(55-49(61)63-6)28-11-9-8-10-12-28)44-50-23-37(52-44)30-14-16-33-31(19-30)25-65-40-22-34-29(20-35(33)40)15-17-36-43(34)53-45(51-36)38-18-13-27(4)57(38)47(59)41(26(2)3)54-48(60)62-5/h8-12,14-17,19-20,22-23,26-27,32,38-39,41-42H,7,13,18,21,24-25H2,1-6H3,(H,50,52)(H,51,53)(H,54,60)(H,55,61)/t27-,32-,38-,39-,41-,42+/m0/s1/i8+1,9+1,10+1,11+1,12+1,28+1. The van der Waals surface area contributed by atoms with Gasteiger partial charge in [-0.05, 0) is 84.5 Å². The topological polar surface area (TPSA) is 193 Å². The normalized spacial score (nSPS) is 20.0. The zero-order chi connectivity index (χ0) is 45.5. The summed E-state index contributed by atoms with van der Waals surface area (Å²) in [5.74, 6) is 1.49. The zero-order valence-electron chi connectivity index (χ0n) is 37.3. The van der Waals surface area contributed by atoms with Gasteiger partial charge in [-0.2, -0.15) is 0 Å². The molecule has 0 aliphatic carbocycles. The van der Waals surface area contributed by atoms with E-state index in [-0.39, 0.29) is 35.9 Å². The lowest BCUT2D eigenvalue weighted by atomic mass is 9.92. The lowest BCUT2D eigenvalue weighted by molar-refractivity contribution is -0.137. The van der Waals surface area contributed by atoms with Crippen molar-refractivity contribution >= 4 is 45.8 Å². The van der Waals surface area contributed by atoms with Crippen LogP contribution in [0.5, 0.6) is 5.75 Å². The summed E-state index contributed by atoms with van der Waals surface area (Å²) in [5, 5.41) is 7.40. The van der Waals surface area contributed by atoms with Gasteiger partial charge in [-0.15, -0.1) is 0 Å². The highest BCUT2D eigenvalue weighted by molar-refractivity contribution is 6.07. The third-order valence-corrected chi connectivity index (χ3v) is 13.0. The van der Waals surface area contributed by atoms with Crippen LogP contribution < -0.4 is 15.4 Å². The number of alkyl carbamates (subject to hydrolysis) is 2. The number of aromatic nitrogens is 4. The quantitative estimate of drug-likeness (QED) is 0.0995. The molecule has 338 valence electrons. The van der Waals surface area contributed by atoms with Crippen LogP contribution in [0.4, 0.5) is 9.59 Å². The molecular weight excluding hydrogens is 835 g/mol. The molecule has 0 spiro atoms. The molecule has 3 aliphatic heterocycles. The predicted molar refractivity (Wildman–Crippen MR) is 243 cm³/mol. The summed E-state index contributed by atoms with van der Waals surface area (Å²) in [6.07, 6.45) is 2.32. The molecule has 2 saturated heterocycles. The third kappa shape index (κ3) is 8.22. The van der Waals surface area contributed by atoms with Crippen molar-refractivity contribution in [3.8, 4) is 28.1 Å². The molecule has 4 aromatic carbocycles. The minimum absolute atomic E-state index is 0.0346. The van der Waals surface area contributed by atoms with E-state index in [1.807, 2.05) is 56.9 Å². The van der Waals surface area contributed by atoms with E-state index in [1.54, 1.807) is 23.2 Å². The van der Waals surface area contributed by atoms with Crippen molar-refractivity contribution in [3.05, 3.63) is 102 Å². The van der Waals surface area contributed by atoms with Crippen molar-refractivity contribution < 1.29 is 38.1 Å². The van der Waals surface area contributed by atoms with E-state index in [4.69, 9.17) is 28.9 Å². The van der Waals surface area contributed by atoms with Crippen LogP contribution in [-0.2, 0) is 30.4 Å². The number of benzene rings is 4. The van der Waals surface area contributed by atoms with Gasteiger partial charge in [0.2, 0.25) is 5.91 Å². The molecule has 0 radical (unpaired) electrons. The van der Waals surface area contributed by atoms with Crippen LogP contribution in [0.1, 0.15) is 87.9 Å².